The number of carbonyl (C=O) groups is 2. The van der Waals surface area contributed by atoms with E-state index in [9.17, 15) is 9.90 Å². The van der Waals surface area contributed by atoms with Gasteiger partial charge in [-0.1, -0.05) is 73.4 Å². The molecule has 4 nitrogen and oxygen atoms in total. The fourth-order valence-electron chi connectivity index (χ4n) is 12.0. The predicted octanol–water partition coefficient (Wildman–Crippen LogP) is 10.2. The highest BCUT2D eigenvalue weighted by Crippen LogP contribution is 2.74. The number of carboxylic acids is 1. The van der Waals surface area contributed by atoms with E-state index in [1.54, 1.807) is 0 Å². The zero-order chi connectivity index (χ0) is 36.2. The van der Waals surface area contributed by atoms with Crippen LogP contribution in [0.4, 0.5) is 0 Å². The summed E-state index contributed by atoms with van der Waals surface area (Å²) in [6.45, 7) is 17.4. The fourth-order valence-corrected chi connectivity index (χ4v) is 12.0. The molecule has 4 heteroatoms. The van der Waals surface area contributed by atoms with Crippen molar-refractivity contribution in [2.24, 2.45) is 57.0 Å². The minimum Gasteiger partial charge on any atom is -0.478 e. The van der Waals surface area contributed by atoms with Crippen LogP contribution in [-0.4, -0.2) is 17.5 Å². The molecule has 0 aliphatic heterocycles. The maximum absolute atomic E-state index is 11.4. The van der Waals surface area contributed by atoms with Crippen LogP contribution in [0.1, 0.15) is 147 Å². The monoisotopic (exact) mass is 643 g/mol. The van der Waals surface area contributed by atoms with Crippen molar-refractivity contribution in [3.05, 3.63) is 35.4 Å². The fraction of sp³-hybridized carbons (Fsp3) is 0.674. The van der Waals surface area contributed by atoms with E-state index >= 15 is 0 Å². The molecule has 47 heavy (non-hydrogen) atoms. The molecule has 9 atom stereocenters. The average Bonchev–Trinajstić information content (AvgIpc) is 3.46. The Labute approximate surface area is 288 Å². The quantitative estimate of drug-likeness (QED) is 0.249. The zero-order valence-electron chi connectivity index (χ0n) is 30.6. The highest BCUT2D eigenvalue weighted by atomic mass is 16.4. The van der Waals surface area contributed by atoms with Crippen molar-refractivity contribution in [3.8, 4) is 38.5 Å². The van der Waals surface area contributed by atoms with Crippen LogP contribution in [0, 0.1) is 89.8 Å². The first-order valence-corrected chi connectivity index (χ1v) is 17.8. The van der Waals surface area contributed by atoms with Crippen LogP contribution in [0.15, 0.2) is 24.3 Å². The molecule has 1 aromatic rings. The van der Waals surface area contributed by atoms with Crippen LogP contribution >= 0.6 is 0 Å². The van der Waals surface area contributed by atoms with Crippen molar-refractivity contribution >= 4 is 12.4 Å². The summed E-state index contributed by atoms with van der Waals surface area (Å²) >= 11 is 0. The van der Waals surface area contributed by atoms with Gasteiger partial charge in [0.25, 0.3) is 0 Å². The Morgan fingerprint density at radius 2 is 1.30 bits per heavy atom. The lowest BCUT2D eigenvalue weighted by Gasteiger charge is -2.69. The second-order valence-electron chi connectivity index (χ2n) is 15.9. The normalized spacial score (nSPS) is 36.7. The predicted molar refractivity (Wildman–Crippen MR) is 198 cm³/mol. The molecule has 0 heterocycles. The van der Waals surface area contributed by atoms with Crippen molar-refractivity contribution in [3.63, 3.8) is 0 Å². The maximum Gasteiger partial charge on any atom is 0.335 e. The van der Waals surface area contributed by atoms with Gasteiger partial charge >= 0.3 is 5.97 Å². The first kappa shape index (κ1) is 41.9. The number of terminal acetylenes is 3. The van der Waals surface area contributed by atoms with E-state index in [0.29, 0.717) is 27.7 Å². The van der Waals surface area contributed by atoms with Gasteiger partial charge in [0.2, 0.25) is 6.41 Å². The van der Waals surface area contributed by atoms with Gasteiger partial charge in [-0.25, -0.2) is 4.79 Å². The Kier molecular flexibility index (Phi) is 15.9. The molecule has 0 spiro atoms. The molecule has 5 aliphatic carbocycles. The van der Waals surface area contributed by atoms with E-state index in [4.69, 9.17) is 4.79 Å². The minimum atomic E-state index is -0.824. The number of nitrogens with two attached hydrogens (primary N) is 1. The Morgan fingerprint density at radius 1 is 0.766 bits per heavy atom. The zero-order valence-corrected chi connectivity index (χ0v) is 30.6. The lowest BCUT2D eigenvalue weighted by molar-refractivity contribution is -0.198. The first-order chi connectivity index (χ1) is 22.3. The molecule has 5 aliphatic rings. The summed E-state index contributed by atoms with van der Waals surface area (Å²) in [7, 11) is 0. The lowest BCUT2D eigenvalue weighted by atomic mass is 9.35. The Bertz CT molecular complexity index is 1180. The van der Waals surface area contributed by atoms with Gasteiger partial charge in [0.15, 0.2) is 0 Å². The summed E-state index contributed by atoms with van der Waals surface area (Å²) in [5.74, 6) is 4.28. The highest BCUT2D eigenvalue weighted by Gasteiger charge is 2.65. The van der Waals surface area contributed by atoms with E-state index in [1.165, 1.54) is 82.6 Å². The van der Waals surface area contributed by atoms with Crippen molar-refractivity contribution in [1.82, 2.24) is 0 Å². The smallest absolute Gasteiger partial charge is 0.335 e. The second kappa shape index (κ2) is 17.8. The highest BCUT2D eigenvalue weighted by molar-refractivity contribution is 5.87. The molecule has 1 amide bonds. The van der Waals surface area contributed by atoms with E-state index in [-0.39, 0.29) is 11.8 Å². The number of carbonyl (C=O) groups excluding carboxylic acids is 1. The minimum absolute atomic E-state index is 0.243. The van der Waals surface area contributed by atoms with E-state index in [1.807, 2.05) is 12.1 Å². The SMILES string of the molecule is C#C.C#C.C#C.CC1(C)C2CC[C@@]3(C)C4CC[C@@]5(C)CCCC5[C@H]4CCC3[C@@]2(C)CC[C@@H]1c1ccc(C(=O)O)cc1.CCC.NC=O. The topological polar surface area (TPSA) is 80.4 Å². The molecule has 260 valence electrons. The van der Waals surface area contributed by atoms with E-state index in [0.717, 1.165) is 29.6 Å². The number of amides is 1. The van der Waals surface area contributed by atoms with Crippen LogP contribution in [0.25, 0.3) is 0 Å². The summed E-state index contributed by atoms with van der Waals surface area (Å²) < 4.78 is 0. The molecule has 4 unspecified atom stereocenters. The van der Waals surface area contributed by atoms with Crippen LogP contribution in [0.2, 0.25) is 0 Å². The Morgan fingerprint density at radius 3 is 1.83 bits per heavy atom. The molecule has 6 rings (SSSR count). The van der Waals surface area contributed by atoms with Crippen LogP contribution in [-0.2, 0) is 4.79 Å². The lowest BCUT2D eigenvalue weighted by Crippen LogP contribution is -2.62. The number of aromatic carboxylic acids is 1. The third-order valence-corrected chi connectivity index (χ3v) is 13.5. The number of fused-ring (bicyclic) bond motifs is 7. The molecule has 1 aromatic carbocycles. The van der Waals surface area contributed by atoms with Crippen molar-refractivity contribution in [2.45, 2.75) is 131 Å². The number of benzene rings is 1. The largest absolute Gasteiger partial charge is 0.478 e. The summed E-state index contributed by atoms with van der Waals surface area (Å²) in [6, 6.07) is 7.86. The summed E-state index contributed by atoms with van der Waals surface area (Å²) in [5.41, 5.74) is 7.79. The molecule has 0 saturated heterocycles. The van der Waals surface area contributed by atoms with Gasteiger partial charge in [0, 0.05) is 0 Å². The summed E-state index contributed by atoms with van der Waals surface area (Å²) in [5, 5.41) is 9.36. The Hall–Kier alpha value is -3.16. The first-order valence-electron chi connectivity index (χ1n) is 17.8. The van der Waals surface area contributed by atoms with Crippen molar-refractivity contribution < 1.29 is 14.7 Å². The summed E-state index contributed by atoms with van der Waals surface area (Å²) in [4.78, 5) is 20.0. The Balaban J connectivity index is 0.000000820. The number of primary amides is 1. The molecule has 0 aromatic heterocycles. The molecule has 5 fully saturated rings. The van der Waals surface area contributed by atoms with E-state index < -0.39 is 5.97 Å². The van der Waals surface area contributed by atoms with Gasteiger partial charge in [0.05, 0.1) is 5.56 Å². The third kappa shape index (κ3) is 7.94. The maximum atomic E-state index is 11.4. The van der Waals surface area contributed by atoms with Crippen LogP contribution < -0.4 is 5.73 Å². The standard InChI is InChI=1S/C33H48O2.C3H8.3C2H2.CH3NO/c1-30(2)24(21-8-10-22(11-9-21)29(34)35)15-19-33(5)27(30)16-20-32(4)26-14-18-31(3)17-6-7-25(31)23(26)12-13-28(32)33;1-3-2;3*1-2;2-1-3/h8-11,23-28H,6-7,12-20H2,1-5H3,(H,34,35);3H2,1-2H3;3*1-2H;1H,(H2,2,3)/t23-,24-,25?,26?,27?,28?,31-,32+,33+;;;;;/m1...../s1. The number of hydrogen-bond acceptors (Lipinski definition) is 2. The van der Waals surface area contributed by atoms with Gasteiger partial charge in [0.1, 0.15) is 0 Å². The van der Waals surface area contributed by atoms with Gasteiger partial charge in [-0.15, -0.1) is 38.5 Å². The van der Waals surface area contributed by atoms with Crippen LogP contribution in [0.3, 0.4) is 0 Å². The molecular formula is C43H65NO3. The molecule has 3 N–H and O–H groups in total. The van der Waals surface area contributed by atoms with E-state index in [2.05, 4.69) is 105 Å². The second-order valence-corrected chi connectivity index (χ2v) is 15.9. The molecular weight excluding hydrogens is 578 g/mol. The molecule has 0 radical (unpaired) electrons. The van der Waals surface area contributed by atoms with Crippen LogP contribution in [0.5, 0.6) is 0 Å². The molecule has 5 saturated carbocycles. The number of hydrogen-bond donors (Lipinski definition) is 2. The number of carboxylic acid groups (broad SMARTS) is 1. The van der Waals surface area contributed by atoms with Gasteiger partial charge in [-0.3, -0.25) is 4.79 Å². The van der Waals surface area contributed by atoms with Crippen molar-refractivity contribution in [1.29, 1.82) is 0 Å². The van der Waals surface area contributed by atoms with Crippen molar-refractivity contribution in [2.75, 3.05) is 0 Å². The molecule has 0 bridgehead atoms. The summed E-state index contributed by atoms with van der Waals surface area (Å²) in [6.07, 6.45) is 41.3. The third-order valence-electron chi connectivity index (χ3n) is 13.5. The van der Waals surface area contributed by atoms with Gasteiger partial charge in [-0.2, -0.15) is 0 Å². The van der Waals surface area contributed by atoms with Gasteiger partial charge in [-0.05, 0) is 139 Å². The average molecular weight is 644 g/mol. The van der Waals surface area contributed by atoms with Gasteiger partial charge < -0.3 is 10.8 Å². The number of rotatable bonds is 2.